The Labute approximate surface area is 147 Å². The van der Waals surface area contributed by atoms with Crippen molar-refractivity contribution in [2.45, 2.75) is 13.1 Å². The van der Waals surface area contributed by atoms with Gasteiger partial charge in [-0.25, -0.2) is 9.97 Å². The lowest BCUT2D eigenvalue weighted by atomic mass is 10.1. The van der Waals surface area contributed by atoms with Gasteiger partial charge in [-0.2, -0.15) is 5.10 Å². The molecule has 2 N–H and O–H groups in total. The van der Waals surface area contributed by atoms with Crippen LogP contribution < -0.4 is 5.32 Å². The molecule has 0 aliphatic carbocycles. The number of aromatic amines is 1. The van der Waals surface area contributed by atoms with Gasteiger partial charge < -0.3 is 9.72 Å². The number of halogens is 1. The molecule has 0 aliphatic heterocycles. The van der Waals surface area contributed by atoms with Crippen LogP contribution in [0.25, 0.3) is 17.0 Å². The first-order valence-corrected chi connectivity index (χ1v) is 8.36. The second-order valence-electron chi connectivity index (χ2n) is 5.46. The van der Waals surface area contributed by atoms with Crippen LogP contribution in [0, 0.1) is 0 Å². The topological polar surface area (TPSA) is 70.9 Å². The molecule has 0 bridgehead atoms. The maximum Gasteiger partial charge on any atom is 0.155 e. The molecule has 0 radical (unpaired) electrons. The zero-order valence-electron chi connectivity index (χ0n) is 12.8. The van der Waals surface area contributed by atoms with Crippen molar-refractivity contribution in [3.63, 3.8) is 0 Å². The number of hydrogen-bond donors (Lipinski definition) is 2. The summed E-state index contributed by atoms with van der Waals surface area (Å²) < 4.78 is 3.13. The zero-order chi connectivity index (χ0) is 16.4. The van der Waals surface area contributed by atoms with Crippen molar-refractivity contribution >= 4 is 21.6 Å². The number of H-pyrrole nitrogens is 1. The smallest absolute Gasteiger partial charge is 0.155 e. The SMILES string of the molecule is Brc1ccc2ncc(CNCc3ccc(-c4ncn[nH]4)cc3)n2c1. The van der Waals surface area contributed by atoms with E-state index < -0.39 is 0 Å². The van der Waals surface area contributed by atoms with Crippen molar-refractivity contribution < 1.29 is 0 Å². The van der Waals surface area contributed by atoms with Crippen molar-refractivity contribution in [3.8, 4) is 11.4 Å². The van der Waals surface area contributed by atoms with Crippen LogP contribution in [0.5, 0.6) is 0 Å². The maximum atomic E-state index is 4.41. The van der Waals surface area contributed by atoms with Crippen molar-refractivity contribution in [2.24, 2.45) is 0 Å². The Hall–Kier alpha value is -2.51. The first-order chi connectivity index (χ1) is 11.8. The maximum absolute atomic E-state index is 4.41. The monoisotopic (exact) mass is 382 g/mol. The van der Waals surface area contributed by atoms with Gasteiger partial charge >= 0.3 is 0 Å². The van der Waals surface area contributed by atoms with Crippen LogP contribution in [0.1, 0.15) is 11.3 Å². The van der Waals surface area contributed by atoms with Gasteiger partial charge in [0.25, 0.3) is 0 Å². The molecule has 1 aromatic carbocycles. The van der Waals surface area contributed by atoms with E-state index in [2.05, 4.69) is 57.9 Å². The highest BCUT2D eigenvalue weighted by molar-refractivity contribution is 9.10. The van der Waals surface area contributed by atoms with Gasteiger partial charge in [-0.3, -0.25) is 5.10 Å². The van der Waals surface area contributed by atoms with E-state index in [1.54, 1.807) is 0 Å². The van der Waals surface area contributed by atoms with Gasteiger partial charge in [0.2, 0.25) is 0 Å². The van der Waals surface area contributed by atoms with E-state index >= 15 is 0 Å². The second-order valence-corrected chi connectivity index (χ2v) is 6.38. The Morgan fingerprint density at radius 2 is 1.92 bits per heavy atom. The molecule has 3 aromatic heterocycles. The minimum absolute atomic E-state index is 0.751. The summed E-state index contributed by atoms with van der Waals surface area (Å²) in [5.74, 6) is 0.783. The van der Waals surface area contributed by atoms with E-state index in [9.17, 15) is 0 Å². The fourth-order valence-electron chi connectivity index (χ4n) is 2.60. The highest BCUT2D eigenvalue weighted by Gasteiger charge is 2.04. The third-order valence-electron chi connectivity index (χ3n) is 3.82. The fraction of sp³-hybridized carbons (Fsp3) is 0.118. The molecule has 4 rings (SSSR count). The lowest BCUT2D eigenvalue weighted by Crippen LogP contribution is -2.14. The molecule has 24 heavy (non-hydrogen) atoms. The summed E-state index contributed by atoms with van der Waals surface area (Å²) in [5, 5.41) is 10.2. The van der Waals surface area contributed by atoms with Gasteiger partial charge in [0, 0.05) is 29.3 Å². The molecule has 6 nitrogen and oxygen atoms in total. The van der Waals surface area contributed by atoms with Gasteiger partial charge in [-0.1, -0.05) is 24.3 Å². The quantitative estimate of drug-likeness (QED) is 0.556. The van der Waals surface area contributed by atoms with E-state index in [1.165, 1.54) is 11.9 Å². The molecule has 3 heterocycles. The van der Waals surface area contributed by atoms with Gasteiger partial charge in [0.05, 0.1) is 11.9 Å². The van der Waals surface area contributed by atoms with E-state index in [-0.39, 0.29) is 0 Å². The summed E-state index contributed by atoms with van der Waals surface area (Å²) in [6.45, 7) is 1.54. The Kier molecular flexibility index (Phi) is 4.10. The van der Waals surface area contributed by atoms with E-state index in [4.69, 9.17) is 0 Å². The Balaban J connectivity index is 1.41. The number of nitrogens with one attached hydrogen (secondary N) is 2. The second kappa shape index (κ2) is 6.54. The summed E-state index contributed by atoms with van der Waals surface area (Å²) in [5.41, 5.74) is 4.33. The van der Waals surface area contributed by atoms with Crippen LogP contribution in [-0.4, -0.2) is 24.6 Å². The molecule has 0 atom stereocenters. The van der Waals surface area contributed by atoms with E-state index in [0.717, 1.165) is 40.3 Å². The van der Waals surface area contributed by atoms with Crippen LogP contribution >= 0.6 is 15.9 Å². The average molecular weight is 383 g/mol. The predicted octanol–water partition coefficient (Wildman–Crippen LogP) is 3.17. The third-order valence-corrected chi connectivity index (χ3v) is 4.29. The van der Waals surface area contributed by atoms with Crippen molar-refractivity contribution in [3.05, 3.63) is 70.8 Å². The fourth-order valence-corrected chi connectivity index (χ4v) is 2.93. The molecule has 0 fully saturated rings. The molecule has 0 saturated heterocycles. The molecule has 0 aliphatic rings. The van der Waals surface area contributed by atoms with Gasteiger partial charge in [0.15, 0.2) is 5.82 Å². The van der Waals surface area contributed by atoms with Crippen molar-refractivity contribution in [1.29, 1.82) is 0 Å². The average Bonchev–Trinajstić information content (AvgIpc) is 3.26. The van der Waals surface area contributed by atoms with Crippen LogP contribution in [0.4, 0.5) is 0 Å². The number of rotatable bonds is 5. The number of fused-ring (bicyclic) bond motifs is 1. The Bertz CT molecular complexity index is 943. The molecule has 7 heteroatoms. The number of pyridine rings is 1. The van der Waals surface area contributed by atoms with Crippen molar-refractivity contribution in [2.75, 3.05) is 0 Å². The summed E-state index contributed by atoms with van der Waals surface area (Å²) in [6, 6.07) is 12.3. The minimum Gasteiger partial charge on any atom is -0.307 e. The number of imidazole rings is 1. The number of aromatic nitrogens is 5. The van der Waals surface area contributed by atoms with Crippen LogP contribution in [0.3, 0.4) is 0 Å². The van der Waals surface area contributed by atoms with Gasteiger partial charge in [-0.15, -0.1) is 0 Å². The van der Waals surface area contributed by atoms with E-state index in [1.807, 2.05) is 36.7 Å². The normalized spacial score (nSPS) is 11.2. The third kappa shape index (κ3) is 3.08. The number of hydrogen-bond acceptors (Lipinski definition) is 4. The number of benzene rings is 1. The summed E-state index contributed by atoms with van der Waals surface area (Å²) in [4.78, 5) is 8.56. The molecule has 120 valence electrons. The Morgan fingerprint density at radius 1 is 1.04 bits per heavy atom. The lowest BCUT2D eigenvalue weighted by molar-refractivity contribution is 0.675. The molecule has 0 spiro atoms. The number of nitrogens with zero attached hydrogens (tertiary/aromatic N) is 4. The summed E-state index contributed by atoms with van der Waals surface area (Å²) in [7, 11) is 0. The molecule has 0 unspecified atom stereocenters. The van der Waals surface area contributed by atoms with Crippen LogP contribution in [0.15, 0.2) is 59.6 Å². The first kappa shape index (κ1) is 15.0. The summed E-state index contributed by atoms with van der Waals surface area (Å²) >= 11 is 3.50. The standard InChI is InChI=1S/C17H15BrN6/c18-14-5-6-16-20-9-15(24(16)10-14)8-19-7-12-1-3-13(4-2-12)17-21-11-22-23-17/h1-6,9-11,19H,7-8H2,(H,21,22,23). The Morgan fingerprint density at radius 3 is 2.71 bits per heavy atom. The minimum atomic E-state index is 0.751. The van der Waals surface area contributed by atoms with Crippen LogP contribution in [0.2, 0.25) is 0 Å². The predicted molar refractivity (Wildman–Crippen MR) is 95.3 cm³/mol. The molecular formula is C17H15BrN6. The molecule has 0 saturated carbocycles. The lowest BCUT2D eigenvalue weighted by Gasteiger charge is -2.06. The molecule has 0 amide bonds. The molecular weight excluding hydrogens is 368 g/mol. The largest absolute Gasteiger partial charge is 0.307 e. The van der Waals surface area contributed by atoms with Crippen LogP contribution in [-0.2, 0) is 13.1 Å². The van der Waals surface area contributed by atoms with E-state index in [0.29, 0.717) is 0 Å². The van der Waals surface area contributed by atoms with Gasteiger partial charge in [0.1, 0.15) is 12.0 Å². The zero-order valence-corrected chi connectivity index (χ0v) is 14.4. The highest BCUT2D eigenvalue weighted by atomic mass is 79.9. The summed E-state index contributed by atoms with van der Waals surface area (Å²) in [6.07, 6.45) is 5.45. The molecule has 4 aromatic rings. The van der Waals surface area contributed by atoms with Crippen molar-refractivity contribution in [1.82, 2.24) is 29.9 Å². The van der Waals surface area contributed by atoms with Gasteiger partial charge in [-0.05, 0) is 33.6 Å². The highest BCUT2D eigenvalue weighted by Crippen LogP contribution is 2.15. The first-order valence-electron chi connectivity index (χ1n) is 7.56.